The number of hydrogen-bond donors (Lipinski definition) is 0. The molecule has 0 rings (SSSR count). The molecule has 0 fully saturated rings. The second kappa shape index (κ2) is 9.48. The minimum atomic E-state index is 0.653. The van der Waals surface area contributed by atoms with Gasteiger partial charge in [-0.3, -0.25) is 0 Å². The molecule has 0 aliphatic carbocycles. The summed E-state index contributed by atoms with van der Waals surface area (Å²) in [5.74, 6) is 0.783. The lowest BCUT2D eigenvalue weighted by Gasteiger charge is -2.20. The van der Waals surface area contributed by atoms with E-state index in [4.69, 9.17) is 5.26 Å². The van der Waals surface area contributed by atoms with Crippen LogP contribution in [0.5, 0.6) is 0 Å². The minimum absolute atomic E-state index is 0.653. The van der Waals surface area contributed by atoms with E-state index in [1.54, 1.807) is 0 Å². The van der Waals surface area contributed by atoms with Gasteiger partial charge in [0, 0.05) is 18.3 Å². The first-order valence-corrected chi connectivity index (χ1v) is 6.52. The minimum Gasteiger partial charge on any atom is -0.303 e. The summed E-state index contributed by atoms with van der Waals surface area (Å²) in [6.45, 7) is 7.56. The van der Waals surface area contributed by atoms with Crippen molar-refractivity contribution in [3.8, 4) is 6.07 Å². The van der Waals surface area contributed by atoms with Crippen LogP contribution >= 0.6 is 15.9 Å². The molecule has 1 unspecified atom stereocenters. The molecule has 0 radical (unpaired) electrons. The number of alkyl halides is 1. The van der Waals surface area contributed by atoms with Gasteiger partial charge >= 0.3 is 0 Å². The fourth-order valence-corrected chi connectivity index (χ4v) is 2.15. The summed E-state index contributed by atoms with van der Waals surface area (Å²) in [6.07, 6.45) is 3.14. The highest BCUT2D eigenvalue weighted by atomic mass is 79.9. The number of rotatable bonds is 8. The molecule has 0 aliphatic rings. The van der Waals surface area contributed by atoms with Crippen LogP contribution in [0, 0.1) is 17.2 Å². The average Bonchev–Trinajstić information content (AvgIpc) is 2.19. The van der Waals surface area contributed by atoms with Crippen LogP contribution in [0.2, 0.25) is 0 Å². The maximum absolute atomic E-state index is 8.49. The van der Waals surface area contributed by atoms with Gasteiger partial charge < -0.3 is 4.90 Å². The Hall–Kier alpha value is -0.0700. The van der Waals surface area contributed by atoms with Crippen LogP contribution in [0.1, 0.15) is 33.1 Å². The van der Waals surface area contributed by atoms with E-state index in [1.165, 1.54) is 12.8 Å². The van der Waals surface area contributed by atoms with Gasteiger partial charge in [0.25, 0.3) is 0 Å². The second-order valence-electron chi connectivity index (χ2n) is 3.71. The molecule has 0 amide bonds. The maximum atomic E-state index is 8.49. The fourth-order valence-electron chi connectivity index (χ4n) is 1.37. The van der Waals surface area contributed by atoms with Gasteiger partial charge in [-0.05, 0) is 31.8 Å². The summed E-state index contributed by atoms with van der Waals surface area (Å²) < 4.78 is 0. The number of hydrogen-bond acceptors (Lipinski definition) is 2. The van der Waals surface area contributed by atoms with Crippen molar-refractivity contribution in [1.82, 2.24) is 4.90 Å². The van der Waals surface area contributed by atoms with E-state index in [0.29, 0.717) is 6.42 Å². The highest BCUT2D eigenvalue weighted by Crippen LogP contribution is 2.10. The first-order chi connectivity index (χ1) is 6.74. The standard InChI is InChI=1S/C11H21BrN2/c1-3-14(9-4-8-13)10-6-11(2)5-7-12/h11H,3-7,9-10H2,1-2H3. The third kappa shape index (κ3) is 7.34. The normalized spacial score (nSPS) is 12.8. The third-order valence-electron chi connectivity index (χ3n) is 2.53. The van der Waals surface area contributed by atoms with Crippen molar-refractivity contribution in [2.75, 3.05) is 25.0 Å². The van der Waals surface area contributed by atoms with Crippen molar-refractivity contribution >= 4 is 15.9 Å². The quantitative estimate of drug-likeness (QED) is 0.628. The largest absolute Gasteiger partial charge is 0.303 e. The molecule has 0 saturated carbocycles. The maximum Gasteiger partial charge on any atom is 0.0635 e. The summed E-state index contributed by atoms with van der Waals surface area (Å²) >= 11 is 3.46. The lowest BCUT2D eigenvalue weighted by molar-refractivity contribution is 0.271. The number of nitrogens with zero attached hydrogens (tertiary/aromatic N) is 2. The van der Waals surface area contributed by atoms with Crippen molar-refractivity contribution in [3.05, 3.63) is 0 Å². The van der Waals surface area contributed by atoms with Gasteiger partial charge in [0.15, 0.2) is 0 Å². The number of nitriles is 1. The molecule has 14 heavy (non-hydrogen) atoms. The van der Waals surface area contributed by atoms with Gasteiger partial charge in [0.1, 0.15) is 0 Å². The Morgan fingerprint density at radius 2 is 2.07 bits per heavy atom. The van der Waals surface area contributed by atoms with Gasteiger partial charge in [0.05, 0.1) is 6.07 Å². The van der Waals surface area contributed by atoms with Gasteiger partial charge in [-0.1, -0.05) is 29.8 Å². The molecule has 0 aromatic heterocycles. The van der Waals surface area contributed by atoms with E-state index in [2.05, 4.69) is 40.7 Å². The van der Waals surface area contributed by atoms with Crippen LogP contribution in [0.25, 0.3) is 0 Å². The topological polar surface area (TPSA) is 27.0 Å². The molecular weight excluding hydrogens is 240 g/mol. The van der Waals surface area contributed by atoms with Crippen molar-refractivity contribution in [3.63, 3.8) is 0 Å². The zero-order valence-electron chi connectivity index (χ0n) is 9.30. The first kappa shape index (κ1) is 13.9. The number of halogens is 1. The lowest BCUT2D eigenvalue weighted by atomic mass is 10.1. The molecule has 0 aromatic carbocycles. The summed E-state index contributed by atoms with van der Waals surface area (Å²) in [5, 5.41) is 9.59. The Morgan fingerprint density at radius 1 is 1.36 bits per heavy atom. The molecule has 3 heteroatoms. The first-order valence-electron chi connectivity index (χ1n) is 5.39. The smallest absolute Gasteiger partial charge is 0.0635 e. The van der Waals surface area contributed by atoms with E-state index in [1.807, 2.05) is 0 Å². The molecule has 0 heterocycles. The molecule has 0 aromatic rings. The van der Waals surface area contributed by atoms with E-state index >= 15 is 0 Å². The molecule has 0 saturated heterocycles. The van der Waals surface area contributed by atoms with E-state index in [0.717, 1.165) is 30.9 Å². The summed E-state index contributed by atoms with van der Waals surface area (Å²) in [6, 6.07) is 2.20. The summed E-state index contributed by atoms with van der Waals surface area (Å²) in [4.78, 5) is 2.36. The molecule has 0 N–H and O–H groups in total. The zero-order chi connectivity index (χ0) is 10.8. The van der Waals surface area contributed by atoms with Gasteiger partial charge in [-0.2, -0.15) is 5.26 Å². The highest BCUT2D eigenvalue weighted by Gasteiger charge is 2.05. The van der Waals surface area contributed by atoms with Gasteiger partial charge in [-0.15, -0.1) is 0 Å². The van der Waals surface area contributed by atoms with Gasteiger partial charge in [0.2, 0.25) is 0 Å². The van der Waals surface area contributed by atoms with E-state index in [-0.39, 0.29) is 0 Å². The van der Waals surface area contributed by atoms with Crippen LogP contribution in [0.3, 0.4) is 0 Å². The highest BCUT2D eigenvalue weighted by molar-refractivity contribution is 9.09. The molecule has 1 atom stereocenters. The summed E-state index contributed by atoms with van der Waals surface area (Å²) in [5.41, 5.74) is 0. The fraction of sp³-hybridized carbons (Fsp3) is 0.909. The van der Waals surface area contributed by atoms with Crippen molar-refractivity contribution in [1.29, 1.82) is 5.26 Å². The van der Waals surface area contributed by atoms with Gasteiger partial charge in [-0.25, -0.2) is 0 Å². The van der Waals surface area contributed by atoms with Crippen LogP contribution in [-0.2, 0) is 0 Å². The second-order valence-corrected chi connectivity index (χ2v) is 4.51. The van der Waals surface area contributed by atoms with Crippen LogP contribution in [-0.4, -0.2) is 29.9 Å². The monoisotopic (exact) mass is 260 g/mol. The predicted octanol–water partition coefficient (Wildman–Crippen LogP) is 3.03. The van der Waals surface area contributed by atoms with Crippen molar-refractivity contribution in [2.24, 2.45) is 5.92 Å². The van der Waals surface area contributed by atoms with E-state index in [9.17, 15) is 0 Å². The molecule has 0 spiro atoms. The van der Waals surface area contributed by atoms with Crippen LogP contribution < -0.4 is 0 Å². The van der Waals surface area contributed by atoms with Crippen molar-refractivity contribution in [2.45, 2.75) is 33.1 Å². The summed E-state index contributed by atoms with van der Waals surface area (Å²) in [7, 11) is 0. The Kier molecular flexibility index (Phi) is 9.44. The predicted molar refractivity (Wildman–Crippen MR) is 64.5 cm³/mol. The Labute approximate surface area is 96.4 Å². The van der Waals surface area contributed by atoms with Crippen LogP contribution in [0.4, 0.5) is 0 Å². The molecular formula is C11H21BrN2. The third-order valence-corrected chi connectivity index (χ3v) is 2.98. The average molecular weight is 261 g/mol. The Bertz CT molecular complexity index is 165. The molecule has 2 nitrogen and oxygen atoms in total. The Balaban J connectivity index is 3.56. The zero-order valence-corrected chi connectivity index (χ0v) is 10.9. The van der Waals surface area contributed by atoms with Crippen molar-refractivity contribution < 1.29 is 0 Å². The molecule has 0 aliphatic heterocycles. The SMILES string of the molecule is CCN(CCC#N)CCC(C)CCBr. The van der Waals surface area contributed by atoms with E-state index < -0.39 is 0 Å². The van der Waals surface area contributed by atoms with Crippen LogP contribution in [0.15, 0.2) is 0 Å². The Morgan fingerprint density at radius 3 is 2.57 bits per heavy atom. The molecule has 82 valence electrons. The lowest BCUT2D eigenvalue weighted by Crippen LogP contribution is -2.26. The molecule has 0 bridgehead atoms.